The number of ether oxygens (including phenoxy) is 3. The number of aromatic nitrogens is 3. The van der Waals surface area contributed by atoms with Gasteiger partial charge >= 0.3 is 6.09 Å². The number of piperidine rings is 1. The van der Waals surface area contributed by atoms with Crippen molar-refractivity contribution < 1.29 is 24.1 Å². The van der Waals surface area contributed by atoms with Gasteiger partial charge in [-0.1, -0.05) is 63.5 Å². The van der Waals surface area contributed by atoms with Crippen molar-refractivity contribution in [3.63, 3.8) is 0 Å². The number of rotatable bonds is 14. The zero-order chi connectivity index (χ0) is 34.4. The number of anilines is 1. The first-order chi connectivity index (χ1) is 22.0. The Morgan fingerprint density at radius 2 is 1.62 bits per heavy atom. The summed E-state index contributed by atoms with van der Waals surface area (Å²) in [6, 6.07) is 12.1. The van der Waals surface area contributed by atoms with Crippen LogP contribution in [0.25, 0.3) is 16.8 Å². The Labute approximate surface area is 283 Å². The second-order valence-corrected chi connectivity index (χ2v) is 27.4. The predicted octanol–water partition coefficient (Wildman–Crippen LogP) is 7.43. The summed E-state index contributed by atoms with van der Waals surface area (Å²) in [6.45, 7) is 23.1. The van der Waals surface area contributed by atoms with Gasteiger partial charge in [0.1, 0.15) is 24.9 Å². The van der Waals surface area contributed by atoms with Crippen molar-refractivity contribution in [1.82, 2.24) is 19.5 Å². The molecule has 4 rings (SSSR count). The molecule has 47 heavy (non-hydrogen) atoms. The second kappa shape index (κ2) is 15.6. The van der Waals surface area contributed by atoms with Gasteiger partial charge in [0, 0.05) is 60.0 Å². The first kappa shape index (κ1) is 37.0. The van der Waals surface area contributed by atoms with Crippen molar-refractivity contribution in [3.8, 4) is 11.1 Å². The molecule has 2 aromatic heterocycles. The Bertz CT molecular complexity index is 1440. The fourth-order valence-corrected chi connectivity index (χ4v) is 6.89. The summed E-state index contributed by atoms with van der Waals surface area (Å²) in [5, 5.41) is 14.5. The van der Waals surface area contributed by atoms with Crippen LogP contribution in [0.1, 0.15) is 50.8 Å². The lowest BCUT2D eigenvalue weighted by molar-refractivity contribution is 0.0197. The molecule has 3 aromatic rings. The van der Waals surface area contributed by atoms with Crippen molar-refractivity contribution in [2.45, 2.75) is 103 Å². The lowest BCUT2D eigenvalue weighted by Crippen LogP contribution is -2.42. The van der Waals surface area contributed by atoms with E-state index in [1.807, 2.05) is 60.6 Å². The van der Waals surface area contributed by atoms with E-state index in [1.165, 1.54) is 0 Å². The molecule has 0 saturated carbocycles. The lowest BCUT2D eigenvalue weighted by atomic mass is 9.94. The maximum atomic E-state index is 13.1. The van der Waals surface area contributed by atoms with Crippen LogP contribution in [0.15, 0.2) is 36.5 Å². The number of carbonyl (C=O) groups is 1. The summed E-state index contributed by atoms with van der Waals surface area (Å²) in [7, 11) is -2.53. The van der Waals surface area contributed by atoms with Crippen LogP contribution in [0.4, 0.5) is 10.6 Å². The monoisotopic (exact) mass is 683 g/mol. The molecule has 0 radical (unpaired) electrons. The molecule has 12 heteroatoms. The standard InChI is InChI=1S/C35H57N5O5Si2/c1-35(2,3)45-34(42)38-16-10-11-29(23-38)31-21-32(39(25-43-17-19-46(4,5)6)26-44-18-20-47(7,8)9)40-33(37-31)30(22-36-40)28-14-12-27(24-41)13-15-28/h12-15,21-22,29,41H,10-11,16-20,23-26H2,1-9H3. The van der Waals surface area contributed by atoms with Crippen LogP contribution < -0.4 is 4.90 Å². The zero-order valence-electron chi connectivity index (χ0n) is 30.1. The van der Waals surface area contributed by atoms with E-state index in [0.717, 1.165) is 58.8 Å². The smallest absolute Gasteiger partial charge is 0.410 e. The Morgan fingerprint density at radius 3 is 2.17 bits per heavy atom. The highest BCUT2D eigenvalue weighted by Gasteiger charge is 2.30. The number of carbonyl (C=O) groups excluding carboxylic acids is 1. The zero-order valence-corrected chi connectivity index (χ0v) is 32.1. The number of amides is 1. The lowest BCUT2D eigenvalue weighted by Gasteiger charge is -2.34. The third-order valence-electron chi connectivity index (χ3n) is 8.22. The summed E-state index contributed by atoms with van der Waals surface area (Å²) in [5.74, 6) is 0.876. The molecule has 1 amide bonds. The Hall–Kier alpha value is -2.78. The number of nitrogens with zero attached hydrogens (tertiary/aromatic N) is 5. The third-order valence-corrected chi connectivity index (χ3v) is 11.6. The quantitative estimate of drug-likeness (QED) is 0.106. The molecule has 1 fully saturated rings. The molecular weight excluding hydrogens is 627 g/mol. The van der Waals surface area contributed by atoms with Crippen molar-refractivity contribution >= 4 is 33.7 Å². The summed E-state index contributed by atoms with van der Waals surface area (Å²) >= 11 is 0. The van der Waals surface area contributed by atoms with Crippen molar-refractivity contribution in [3.05, 3.63) is 47.8 Å². The number of aliphatic hydroxyl groups excluding tert-OH is 1. The second-order valence-electron chi connectivity index (χ2n) is 16.2. The van der Waals surface area contributed by atoms with E-state index in [9.17, 15) is 9.90 Å². The number of fused-ring (bicyclic) bond motifs is 1. The molecule has 3 heterocycles. The van der Waals surface area contributed by atoms with E-state index in [4.69, 9.17) is 24.3 Å². The van der Waals surface area contributed by atoms with Gasteiger partial charge in [-0.25, -0.2) is 9.78 Å². The van der Waals surface area contributed by atoms with Crippen molar-refractivity contribution in [2.24, 2.45) is 0 Å². The molecule has 1 atom stereocenters. The maximum Gasteiger partial charge on any atom is 0.410 e. The van der Waals surface area contributed by atoms with Gasteiger partial charge in [-0.15, -0.1) is 0 Å². The molecule has 1 aromatic carbocycles. The molecule has 1 aliphatic heterocycles. The highest BCUT2D eigenvalue weighted by Crippen LogP contribution is 2.33. The van der Waals surface area contributed by atoms with E-state index >= 15 is 0 Å². The van der Waals surface area contributed by atoms with Gasteiger partial charge in [0.15, 0.2) is 5.65 Å². The first-order valence-electron chi connectivity index (χ1n) is 17.0. The average Bonchev–Trinajstić information content (AvgIpc) is 3.42. The average molecular weight is 684 g/mol. The highest BCUT2D eigenvalue weighted by molar-refractivity contribution is 6.76. The number of hydrogen-bond donors (Lipinski definition) is 1. The molecule has 1 aliphatic rings. The molecule has 1 N–H and O–H groups in total. The fourth-order valence-electron chi connectivity index (χ4n) is 5.38. The van der Waals surface area contributed by atoms with Gasteiger partial charge in [0.2, 0.25) is 0 Å². The van der Waals surface area contributed by atoms with E-state index in [2.05, 4.69) is 50.2 Å². The summed E-state index contributed by atoms with van der Waals surface area (Å²) in [5.41, 5.74) is 3.80. The molecule has 0 bridgehead atoms. The first-order valence-corrected chi connectivity index (χ1v) is 24.4. The van der Waals surface area contributed by atoms with Crippen LogP contribution in [-0.2, 0) is 20.8 Å². The van der Waals surface area contributed by atoms with Crippen LogP contribution in [0.2, 0.25) is 51.4 Å². The topological polar surface area (TPSA) is 102 Å². The van der Waals surface area contributed by atoms with Crippen molar-refractivity contribution in [1.29, 1.82) is 0 Å². The van der Waals surface area contributed by atoms with Gasteiger partial charge in [-0.2, -0.15) is 9.61 Å². The van der Waals surface area contributed by atoms with Crippen LogP contribution >= 0.6 is 0 Å². The third kappa shape index (κ3) is 11.1. The summed E-state index contributed by atoms with van der Waals surface area (Å²) in [4.78, 5) is 22.2. The van der Waals surface area contributed by atoms with Crippen molar-refractivity contribution in [2.75, 3.05) is 44.7 Å². The van der Waals surface area contributed by atoms with Gasteiger partial charge in [0.25, 0.3) is 0 Å². The van der Waals surface area contributed by atoms with Crippen LogP contribution in [-0.4, -0.2) is 92.2 Å². The fraction of sp³-hybridized carbons (Fsp3) is 0.629. The molecular formula is C35H57N5O5Si2. The largest absolute Gasteiger partial charge is 0.444 e. The van der Waals surface area contributed by atoms with E-state index in [1.54, 1.807) is 0 Å². The molecule has 1 unspecified atom stereocenters. The normalized spacial score (nSPS) is 16.1. The number of benzene rings is 1. The number of aliphatic hydroxyl groups is 1. The summed E-state index contributed by atoms with van der Waals surface area (Å²) < 4.78 is 20.2. The van der Waals surface area contributed by atoms with Gasteiger partial charge in [0.05, 0.1) is 18.5 Å². The maximum absolute atomic E-state index is 13.1. The van der Waals surface area contributed by atoms with Gasteiger partial charge in [-0.05, 0) is 56.8 Å². The highest BCUT2D eigenvalue weighted by atomic mass is 28.3. The van der Waals surface area contributed by atoms with Crippen LogP contribution in [0, 0.1) is 0 Å². The molecule has 0 aliphatic carbocycles. The van der Waals surface area contributed by atoms with Gasteiger partial charge < -0.3 is 29.1 Å². The van der Waals surface area contributed by atoms with Gasteiger partial charge in [-0.3, -0.25) is 0 Å². The minimum Gasteiger partial charge on any atom is -0.444 e. The van der Waals surface area contributed by atoms with E-state index < -0.39 is 21.7 Å². The Morgan fingerprint density at radius 1 is 1.00 bits per heavy atom. The molecule has 10 nitrogen and oxygen atoms in total. The minimum absolute atomic E-state index is 0.0121. The van der Waals surface area contributed by atoms with Crippen LogP contribution in [0.5, 0.6) is 0 Å². The molecule has 1 saturated heterocycles. The molecule has 0 spiro atoms. The summed E-state index contributed by atoms with van der Waals surface area (Å²) in [6.07, 6.45) is 3.35. The Balaban J connectivity index is 1.73. The van der Waals surface area contributed by atoms with Crippen LogP contribution in [0.3, 0.4) is 0 Å². The number of likely N-dealkylation sites (tertiary alicyclic amines) is 1. The number of hydrogen-bond acceptors (Lipinski definition) is 8. The Kier molecular flexibility index (Phi) is 12.3. The minimum atomic E-state index is -1.26. The SMILES string of the molecule is CC(C)(C)OC(=O)N1CCCC(c2cc(N(COCC[Si](C)(C)C)COCC[Si](C)(C)C)n3ncc(-c4ccc(CO)cc4)c3n2)C1. The van der Waals surface area contributed by atoms with E-state index in [0.29, 0.717) is 39.8 Å². The van der Waals surface area contributed by atoms with E-state index in [-0.39, 0.29) is 18.6 Å². The molecule has 260 valence electrons. The predicted molar refractivity (Wildman–Crippen MR) is 195 cm³/mol.